The molecule has 3 N–H and O–H groups in total. The summed E-state index contributed by atoms with van der Waals surface area (Å²) in [5, 5.41) is 27.8. The highest BCUT2D eigenvalue weighted by Crippen LogP contribution is 2.40. The number of hydrogen-bond acceptors (Lipinski definition) is 7. The Morgan fingerprint density at radius 2 is 1.83 bits per heavy atom. The van der Waals surface area contributed by atoms with Gasteiger partial charge in [-0.25, -0.2) is 4.39 Å². The lowest BCUT2D eigenvalue weighted by Gasteiger charge is -2.19. The second-order valence-corrected chi connectivity index (χ2v) is 10.6. The lowest BCUT2D eigenvalue weighted by molar-refractivity contribution is 0.628. The Bertz CT molecular complexity index is 1630. The summed E-state index contributed by atoms with van der Waals surface area (Å²) < 4.78 is 14.7. The molecule has 0 aliphatic rings. The molecule has 1 atom stereocenters. The summed E-state index contributed by atoms with van der Waals surface area (Å²) >= 11 is 26.4. The van der Waals surface area contributed by atoms with Crippen molar-refractivity contribution in [1.29, 1.82) is 5.26 Å². The highest BCUT2D eigenvalue weighted by Gasteiger charge is 2.23. The van der Waals surface area contributed by atoms with Crippen molar-refractivity contribution in [2.75, 3.05) is 10.6 Å². The molecule has 0 spiro atoms. The van der Waals surface area contributed by atoms with Crippen molar-refractivity contribution in [1.82, 2.24) is 20.4 Å². The van der Waals surface area contributed by atoms with Crippen molar-refractivity contribution in [3.8, 4) is 6.07 Å². The summed E-state index contributed by atoms with van der Waals surface area (Å²) in [5.41, 5.74) is 3.52. The fraction of sp³-hybridized carbons (Fsp3) is 0.0435. The molecule has 1 unspecified atom stereocenters. The van der Waals surface area contributed by atoms with Crippen LogP contribution in [0.3, 0.4) is 0 Å². The third-order valence-electron chi connectivity index (χ3n) is 5.27. The Morgan fingerprint density at radius 1 is 1.03 bits per heavy atom. The fourth-order valence-corrected chi connectivity index (χ4v) is 5.64. The molecule has 0 aliphatic heterocycles. The van der Waals surface area contributed by atoms with Gasteiger partial charge in [-0.3, -0.25) is 4.98 Å². The Hall–Kier alpha value is -3.13. The van der Waals surface area contributed by atoms with E-state index in [0.29, 0.717) is 52.9 Å². The summed E-state index contributed by atoms with van der Waals surface area (Å²) in [5.74, 6) is -0.553. The van der Waals surface area contributed by atoms with Gasteiger partial charge in [-0.1, -0.05) is 46.4 Å². The van der Waals surface area contributed by atoms with Crippen LogP contribution in [0, 0.1) is 17.1 Å². The van der Waals surface area contributed by atoms with Gasteiger partial charge in [-0.15, -0.1) is 11.3 Å². The molecule has 0 amide bonds. The van der Waals surface area contributed by atoms with E-state index in [1.54, 1.807) is 24.4 Å². The lowest BCUT2D eigenvalue weighted by Crippen LogP contribution is -2.13. The van der Waals surface area contributed by atoms with Crippen molar-refractivity contribution in [3.63, 3.8) is 0 Å². The molecule has 7 nitrogen and oxygen atoms in total. The van der Waals surface area contributed by atoms with Crippen LogP contribution in [0.25, 0.3) is 10.9 Å². The molecule has 2 aromatic carbocycles. The van der Waals surface area contributed by atoms with Gasteiger partial charge in [0, 0.05) is 28.5 Å². The molecular formula is C23H12Cl4FN7S. The number of aromatic amines is 1. The van der Waals surface area contributed by atoms with Crippen LogP contribution < -0.4 is 10.6 Å². The molecule has 0 saturated carbocycles. The van der Waals surface area contributed by atoms with E-state index in [1.807, 2.05) is 0 Å². The zero-order valence-corrected chi connectivity index (χ0v) is 21.6. The zero-order chi connectivity index (χ0) is 25.4. The maximum absolute atomic E-state index is 13.7. The van der Waals surface area contributed by atoms with Crippen molar-refractivity contribution in [2.45, 2.75) is 6.04 Å². The summed E-state index contributed by atoms with van der Waals surface area (Å²) in [6, 6.07) is 11.0. The van der Waals surface area contributed by atoms with E-state index >= 15 is 0 Å². The van der Waals surface area contributed by atoms with Crippen LogP contribution in [0.5, 0.6) is 0 Å². The predicted molar refractivity (Wildman–Crippen MR) is 142 cm³/mol. The van der Waals surface area contributed by atoms with E-state index in [2.05, 4.69) is 37.1 Å². The molecule has 36 heavy (non-hydrogen) atoms. The van der Waals surface area contributed by atoms with E-state index in [-0.39, 0.29) is 10.6 Å². The number of rotatable bonds is 6. The van der Waals surface area contributed by atoms with Gasteiger partial charge in [0.05, 0.1) is 43.4 Å². The van der Waals surface area contributed by atoms with Crippen molar-refractivity contribution < 1.29 is 4.39 Å². The van der Waals surface area contributed by atoms with Crippen molar-refractivity contribution in [3.05, 3.63) is 90.1 Å². The topological polar surface area (TPSA) is 102 Å². The zero-order valence-electron chi connectivity index (χ0n) is 17.8. The van der Waals surface area contributed by atoms with Crippen LogP contribution in [-0.2, 0) is 0 Å². The second kappa shape index (κ2) is 10.1. The maximum atomic E-state index is 13.7. The van der Waals surface area contributed by atoms with Gasteiger partial charge in [-0.2, -0.15) is 20.7 Å². The average molecular weight is 579 g/mol. The molecule has 5 rings (SSSR count). The predicted octanol–water partition coefficient (Wildman–Crippen LogP) is 7.98. The second-order valence-electron chi connectivity index (χ2n) is 7.52. The highest BCUT2D eigenvalue weighted by atomic mass is 35.5. The van der Waals surface area contributed by atoms with Crippen LogP contribution >= 0.6 is 57.7 Å². The number of aromatic nitrogens is 4. The minimum atomic E-state index is -0.553. The van der Waals surface area contributed by atoms with E-state index in [9.17, 15) is 9.65 Å². The van der Waals surface area contributed by atoms with Crippen LogP contribution in [-0.4, -0.2) is 20.4 Å². The number of fused-ring (bicyclic) bond motifs is 1. The monoisotopic (exact) mass is 577 g/mol. The Labute approximate surface area is 227 Å². The molecule has 0 fully saturated rings. The summed E-state index contributed by atoms with van der Waals surface area (Å²) in [7, 11) is 0. The fourth-order valence-electron chi connectivity index (χ4n) is 3.66. The summed E-state index contributed by atoms with van der Waals surface area (Å²) in [6.07, 6.45) is 2.99. The molecule has 3 heterocycles. The number of nitriles is 1. The van der Waals surface area contributed by atoms with E-state index < -0.39 is 11.9 Å². The molecule has 3 aromatic heterocycles. The van der Waals surface area contributed by atoms with Gasteiger partial charge in [0.2, 0.25) is 0 Å². The third-order valence-corrected chi connectivity index (χ3v) is 7.36. The van der Waals surface area contributed by atoms with Crippen LogP contribution in [0.2, 0.25) is 18.7 Å². The Balaban J connectivity index is 1.62. The normalized spacial score (nSPS) is 11.9. The Kier molecular flexibility index (Phi) is 6.88. The van der Waals surface area contributed by atoms with Gasteiger partial charge in [0.1, 0.15) is 21.9 Å². The van der Waals surface area contributed by atoms with Crippen LogP contribution in [0.15, 0.2) is 48.8 Å². The first-order valence-electron chi connectivity index (χ1n) is 10.2. The first kappa shape index (κ1) is 24.6. The molecular weight excluding hydrogens is 567 g/mol. The number of anilines is 3. The first-order chi connectivity index (χ1) is 17.3. The minimum Gasteiger partial charge on any atom is -0.373 e. The number of thiophene rings is 1. The third kappa shape index (κ3) is 4.78. The van der Waals surface area contributed by atoms with Gasteiger partial charge in [0.15, 0.2) is 0 Å². The maximum Gasteiger partial charge on any atom is 0.141 e. The van der Waals surface area contributed by atoms with Gasteiger partial charge in [-0.05, 0) is 36.4 Å². The number of H-pyrrole nitrogens is 1. The van der Waals surface area contributed by atoms with Gasteiger partial charge in [0.25, 0.3) is 0 Å². The van der Waals surface area contributed by atoms with Crippen molar-refractivity contribution in [2.24, 2.45) is 0 Å². The summed E-state index contributed by atoms with van der Waals surface area (Å²) in [6.45, 7) is 0. The number of nitrogens with zero attached hydrogens (tertiary/aromatic N) is 4. The van der Waals surface area contributed by atoms with Crippen LogP contribution in [0.4, 0.5) is 21.5 Å². The number of pyridine rings is 1. The number of nitrogens with one attached hydrogen (secondary N) is 3. The van der Waals surface area contributed by atoms with Crippen LogP contribution in [0.1, 0.15) is 22.9 Å². The molecule has 0 saturated heterocycles. The molecule has 0 radical (unpaired) electrons. The number of benzene rings is 2. The van der Waals surface area contributed by atoms with Gasteiger partial charge >= 0.3 is 0 Å². The molecule has 5 aromatic rings. The first-order valence-corrected chi connectivity index (χ1v) is 12.5. The quantitative estimate of drug-likeness (QED) is 0.189. The number of halogens is 5. The molecule has 13 heteroatoms. The highest BCUT2D eigenvalue weighted by molar-refractivity contribution is 7.20. The Morgan fingerprint density at radius 3 is 2.50 bits per heavy atom. The molecule has 0 aliphatic carbocycles. The summed E-state index contributed by atoms with van der Waals surface area (Å²) in [4.78, 5) is 4.36. The molecule has 0 bridgehead atoms. The largest absolute Gasteiger partial charge is 0.373 e. The van der Waals surface area contributed by atoms with Crippen molar-refractivity contribution >= 4 is 85.7 Å². The standard InChI is InChI=1S/C23H12Cl4FN7S/c24-15-4-11(1-2-17(15)28)32-20-10(7-29)8-30-21-13(20)3-12(5-16(21)25)33-22(18-9-31-35-34-18)14-6-19(26)36-23(14)27/h1-6,8-9,22,33H,(H,30,32)(H,31,34,35). The average Bonchev–Trinajstić information content (AvgIpc) is 3.50. The SMILES string of the molecule is N#Cc1cnc2c(Cl)cc(NC(c3cn[nH]n3)c3cc(Cl)sc3Cl)cc2c1Nc1ccc(F)c(Cl)c1. The lowest BCUT2D eigenvalue weighted by atomic mass is 10.1. The van der Waals surface area contributed by atoms with E-state index in [0.717, 1.165) is 0 Å². The van der Waals surface area contributed by atoms with E-state index in [4.69, 9.17) is 46.4 Å². The number of hydrogen-bond donors (Lipinski definition) is 3. The smallest absolute Gasteiger partial charge is 0.141 e. The van der Waals surface area contributed by atoms with Gasteiger partial charge < -0.3 is 10.6 Å². The molecule has 180 valence electrons. The van der Waals surface area contributed by atoms with E-state index in [1.165, 1.54) is 35.7 Å². The minimum absolute atomic E-state index is 0.0565.